The summed E-state index contributed by atoms with van der Waals surface area (Å²) in [4.78, 5) is 13.7. The second kappa shape index (κ2) is 5.08. The van der Waals surface area contributed by atoms with Crippen molar-refractivity contribution in [3.8, 4) is 0 Å². The summed E-state index contributed by atoms with van der Waals surface area (Å²) in [5.74, 6) is 0.425. The number of benzene rings is 1. The van der Waals surface area contributed by atoms with Gasteiger partial charge in [0.15, 0.2) is 0 Å². The second-order valence-electron chi connectivity index (χ2n) is 3.95. The number of hydrogen-bond donors (Lipinski definition) is 0. The first-order chi connectivity index (χ1) is 8.49. The number of aryl methyl sites for hydroxylation is 1. The molecule has 0 atom stereocenters. The quantitative estimate of drug-likeness (QED) is 0.845. The average Bonchev–Trinajstić information content (AvgIpc) is 2.30. The second-order valence-corrected chi connectivity index (χ2v) is 4.63. The van der Waals surface area contributed by atoms with E-state index in [2.05, 4.69) is 27.9 Å². The van der Waals surface area contributed by atoms with E-state index in [0.29, 0.717) is 5.95 Å². The summed E-state index contributed by atoms with van der Waals surface area (Å²) < 4.78 is 0. The minimum atomic E-state index is 0.0853. The monoisotopic (exact) mass is 282 g/mol. The number of hydrogen-bond acceptors (Lipinski definition) is 4. The van der Waals surface area contributed by atoms with Crippen LogP contribution in [0.15, 0.2) is 18.2 Å². The van der Waals surface area contributed by atoms with E-state index in [0.717, 1.165) is 11.3 Å². The van der Waals surface area contributed by atoms with E-state index in [-0.39, 0.29) is 10.6 Å². The van der Waals surface area contributed by atoms with Gasteiger partial charge in [-0.15, -0.1) is 0 Å². The minimum Gasteiger partial charge on any atom is -0.313 e. The third-order valence-corrected chi connectivity index (χ3v) is 3.14. The van der Waals surface area contributed by atoms with Crippen molar-refractivity contribution in [1.29, 1.82) is 0 Å². The Bertz CT molecular complexity index is 566. The molecule has 0 aliphatic heterocycles. The lowest BCUT2D eigenvalue weighted by Crippen LogP contribution is -2.15. The van der Waals surface area contributed by atoms with Crippen LogP contribution in [0.1, 0.15) is 11.1 Å². The van der Waals surface area contributed by atoms with Crippen molar-refractivity contribution in [2.45, 2.75) is 13.8 Å². The van der Waals surface area contributed by atoms with Crippen molar-refractivity contribution >= 4 is 34.8 Å². The van der Waals surface area contributed by atoms with Gasteiger partial charge in [0.25, 0.3) is 0 Å². The Labute approximate surface area is 116 Å². The third-order valence-electron chi connectivity index (χ3n) is 2.81. The predicted molar refractivity (Wildman–Crippen MR) is 73.8 cm³/mol. The third kappa shape index (κ3) is 2.54. The summed E-state index contributed by atoms with van der Waals surface area (Å²) in [6.07, 6.45) is 0. The van der Waals surface area contributed by atoms with Gasteiger partial charge < -0.3 is 4.90 Å². The van der Waals surface area contributed by atoms with Gasteiger partial charge in [-0.1, -0.05) is 12.1 Å². The van der Waals surface area contributed by atoms with Crippen LogP contribution in [0.25, 0.3) is 0 Å². The lowest BCUT2D eigenvalue weighted by atomic mass is 10.1. The summed E-state index contributed by atoms with van der Waals surface area (Å²) in [5.41, 5.74) is 3.37. The zero-order chi connectivity index (χ0) is 13.3. The molecule has 0 aliphatic carbocycles. The van der Waals surface area contributed by atoms with E-state index in [1.807, 2.05) is 31.0 Å². The number of halogens is 2. The average molecular weight is 283 g/mol. The molecule has 0 bridgehead atoms. The SMILES string of the molecule is Cc1cccc(N(C)c2nc(Cl)nc(Cl)n2)c1C. The molecule has 0 saturated carbocycles. The van der Waals surface area contributed by atoms with Gasteiger partial charge in [0.2, 0.25) is 16.5 Å². The van der Waals surface area contributed by atoms with Crippen LogP contribution < -0.4 is 4.90 Å². The van der Waals surface area contributed by atoms with Crippen molar-refractivity contribution in [2.24, 2.45) is 0 Å². The lowest BCUT2D eigenvalue weighted by molar-refractivity contribution is 0.981. The normalized spacial score (nSPS) is 10.5. The molecule has 0 spiro atoms. The van der Waals surface area contributed by atoms with E-state index in [4.69, 9.17) is 23.2 Å². The van der Waals surface area contributed by atoms with Crippen molar-refractivity contribution in [1.82, 2.24) is 15.0 Å². The standard InChI is InChI=1S/C12H12Cl2N4/c1-7-5-4-6-9(8(7)2)18(3)12-16-10(13)15-11(14)17-12/h4-6H,1-3H3. The molecule has 0 fully saturated rings. The zero-order valence-corrected chi connectivity index (χ0v) is 11.8. The Morgan fingerprint density at radius 3 is 2.22 bits per heavy atom. The topological polar surface area (TPSA) is 41.9 Å². The molecule has 6 heteroatoms. The number of aromatic nitrogens is 3. The van der Waals surface area contributed by atoms with E-state index < -0.39 is 0 Å². The highest BCUT2D eigenvalue weighted by Gasteiger charge is 2.12. The molecular formula is C12H12Cl2N4. The van der Waals surface area contributed by atoms with E-state index in [1.165, 1.54) is 5.56 Å². The fraction of sp³-hybridized carbons (Fsp3) is 0.250. The smallest absolute Gasteiger partial charge is 0.235 e. The molecule has 0 radical (unpaired) electrons. The fourth-order valence-electron chi connectivity index (χ4n) is 1.67. The molecule has 1 aromatic heterocycles. The van der Waals surface area contributed by atoms with Crippen molar-refractivity contribution in [3.63, 3.8) is 0 Å². The highest BCUT2D eigenvalue weighted by atomic mass is 35.5. The van der Waals surface area contributed by atoms with Crippen LogP contribution in [-0.4, -0.2) is 22.0 Å². The summed E-state index contributed by atoms with van der Waals surface area (Å²) >= 11 is 11.6. The molecule has 1 heterocycles. The van der Waals surface area contributed by atoms with Crippen LogP contribution in [0.5, 0.6) is 0 Å². The molecule has 18 heavy (non-hydrogen) atoms. The molecule has 0 amide bonds. The van der Waals surface area contributed by atoms with Crippen molar-refractivity contribution < 1.29 is 0 Å². The van der Waals surface area contributed by atoms with E-state index in [1.54, 1.807) is 0 Å². The first-order valence-corrected chi connectivity index (χ1v) is 6.11. The van der Waals surface area contributed by atoms with Crippen LogP contribution in [0.2, 0.25) is 10.6 Å². The summed E-state index contributed by atoms with van der Waals surface area (Å²) in [6.45, 7) is 4.10. The van der Waals surface area contributed by atoms with Crippen LogP contribution in [0.4, 0.5) is 11.6 Å². The Morgan fingerprint density at radius 1 is 1.00 bits per heavy atom. The van der Waals surface area contributed by atoms with Crippen molar-refractivity contribution in [2.75, 3.05) is 11.9 Å². The zero-order valence-electron chi connectivity index (χ0n) is 10.3. The molecule has 4 nitrogen and oxygen atoms in total. The summed E-state index contributed by atoms with van der Waals surface area (Å²) in [6, 6.07) is 6.03. The Morgan fingerprint density at radius 2 is 1.61 bits per heavy atom. The van der Waals surface area contributed by atoms with Crippen LogP contribution in [-0.2, 0) is 0 Å². The van der Waals surface area contributed by atoms with Gasteiger partial charge >= 0.3 is 0 Å². The highest BCUT2D eigenvalue weighted by molar-refractivity contribution is 6.31. The van der Waals surface area contributed by atoms with Gasteiger partial charge in [0.05, 0.1) is 0 Å². The Hall–Kier alpha value is -1.39. The van der Waals surface area contributed by atoms with Gasteiger partial charge in [-0.2, -0.15) is 15.0 Å². The lowest BCUT2D eigenvalue weighted by Gasteiger charge is -2.20. The molecule has 2 aromatic rings. The van der Waals surface area contributed by atoms with Gasteiger partial charge in [-0.3, -0.25) is 0 Å². The van der Waals surface area contributed by atoms with Crippen LogP contribution >= 0.6 is 23.2 Å². The summed E-state index contributed by atoms with van der Waals surface area (Å²) in [5, 5.41) is 0.171. The molecule has 0 unspecified atom stereocenters. The molecule has 1 aromatic carbocycles. The molecular weight excluding hydrogens is 271 g/mol. The molecule has 94 valence electrons. The number of nitrogens with zero attached hydrogens (tertiary/aromatic N) is 4. The van der Waals surface area contributed by atoms with Gasteiger partial charge in [0, 0.05) is 12.7 Å². The maximum atomic E-state index is 5.78. The number of anilines is 2. The highest BCUT2D eigenvalue weighted by Crippen LogP contribution is 2.26. The van der Waals surface area contributed by atoms with E-state index >= 15 is 0 Å². The first kappa shape index (κ1) is 13.1. The first-order valence-electron chi connectivity index (χ1n) is 5.36. The van der Waals surface area contributed by atoms with Crippen LogP contribution in [0.3, 0.4) is 0 Å². The molecule has 0 saturated heterocycles. The maximum Gasteiger partial charge on any atom is 0.235 e. The Kier molecular flexibility index (Phi) is 3.68. The maximum absolute atomic E-state index is 5.78. The molecule has 2 rings (SSSR count). The fourth-order valence-corrected chi connectivity index (χ4v) is 2.03. The van der Waals surface area contributed by atoms with Gasteiger partial charge in [-0.05, 0) is 54.2 Å². The minimum absolute atomic E-state index is 0.0853. The predicted octanol–water partition coefficient (Wildman–Crippen LogP) is 3.56. The number of rotatable bonds is 2. The van der Waals surface area contributed by atoms with E-state index in [9.17, 15) is 0 Å². The molecule has 0 N–H and O–H groups in total. The van der Waals surface area contributed by atoms with Gasteiger partial charge in [0.1, 0.15) is 0 Å². The van der Waals surface area contributed by atoms with Crippen molar-refractivity contribution in [3.05, 3.63) is 39.9 Å². The summed E-state index contributed by atoms with van der Waals surface area (Å²) in [7, 11) is 1.86. The largest absolute Gasteiger partial charge is 0.313 e. The van der Waals surface area contributed by atoms with Gasteiger partial charge in [-0.25, -0.2) is 0 Å². The molecule has 0 aliphatic rings. The van der Waals surface area contributed by atoms with Crippen LogP contribution in [0, 0.1) is 13.8 Å². The Balaban J connectivity index is 2.47.